The van der Waals surface area contributed by atoms with E-state index in [9.17, 15) is 0 Å². The molecule has 1 rings (SSSR count). The molecule has 0 aromatic rings. The number of rotatable bonds is 6. The summed E-state index contributed by atoms with van der Waals surface area (Å²) >= 11 is 6.48. The molecule has 0 N–H and O–H groups in total. The summed E-state index contributed by atoms with van der Waals surface area (Å²) in [6.45, 7) is 2.35. The molecular formula is C11H22S2. The lowest BCUT2D eigenvalue weighted by Gasteiger charge is -2.12. The molecule has 0 saturated heterocycles. The maximum absolute atomic E-state index is 4.26. The Hall–Kier alpha value is 0.700. The van der Waals surface area contributed by atoms with Crippen molar-refractivity contribution in [1.29, 1.82) is 0 Å². The van der Waals surface area contributed by atoms with Crippen molar-refractivity contribution in [2.75, 3.05) is 11.5 Å². The van der Waals surface area contributed by atoms with E-state index < -0.39 is 0 Å². The molecular weight excluding hydrogens is 196 g/mol. The summed E-state index contributed by atoms with van der Waals surface area (Å²) in [5.74, 6) is 3.31. The Morgan fingerprint density at radius 3 is 2.62 bits per heavy atom. The third-order valence-corrected chi connectivity index (χ3v) is 4.56. The Morgan fingerprint density at radius 2 is 2.00 bits per heavy atom. The van der Waals surface area contributed by atoms with Crippen LogP contribution in [-0.2, 0) is 0 Å². The standard InChI is InChI=1S/C11H22S2/c1-10(6-8-12)7-9-13-11-4-2-3-5-11/h10-12H,2-9H2,1H3. The van der Waals surface area contributed by atoms with E-state index in [1.807, 2.05) is 0 Å². The molecule has 0 spiro atoms. The van der Waals surface area contributed by atoms with Crippen LogP contribution >= 0.6 is 24.4 Å². The number of hydrogen-bond acceptors (Lipinski definition) is 2. The largest absolute Gasteiger partial charge is 0.179 e. The maximum atomic E-state index is 4.26. The van der Waals surface area contributed by atoms with Crippen LogP contribution in [0.2, 0.25) is 0 Å². The van der Waals surface area contributed by atoms with Crippen LogP contribution in [0.25, 0.3) is 0 Å². The zero-order chi connectivity index (χ0) is 9.52. The van der Waals surface area contributed by atoms with Crippen LogP contribution in [0.3, 0.4) is 0 Å². The quantitative estimate of drug-likeness (QED) is 0.657. The fourth-order valence-corrected chi connectivity index (χ4v) is 3.83. The number of hydrogen-bond donors (Lipinski definition) is 1. The van der Waals surface area contributed by atoms with Gasteiger partial charge in [-0.1, -0.05) is 19.8 Å². The van der Waals surface area contributed by atoms with Gasteiger partial charge in [0.15, 0.2) is 0 Å². The van der Waals surface area contributed by atoms with Crippen molar-refractivity contribution in [2.45, 2.75) is 50.7 Å². The van der Waals surface area contributed by atoms with Gasteiger partial charge in [-0.05, 0) is 43.1 Å². The Morgan fingerprint density at radius 1 is 1.31 bits per heavy atom. The molecule has 0 aromatic carbocycles. The van der Waals surface area contributed by atoms with Crippen LogP contribution in [0, 0.1) is 5.92 Å². The molecule has 1 aliphatic rings. The second kappa shape index (κ2) is 7.05. The zero-order valence-electron chi connectivity index (χ0n) is 8.67. The fourth-order valence-electron chi connectivity index (χ4n) is 1.86. The van der Waals surface area contributed by atoms with Crippen LogP contribution in [0.4, 0.5) is 0 Å². The highest BCUT2D eigenvalue weighted by Crippen LogP contribution is 2.30. The predicted octanol–water partition coefficient (Wildman–Crippen LogP) is 4.01. The molecule has 1 aliphatic carbocycles. The summed E-state index contributed by atoms with van der Waals surface area (Å²) in [6.07, 6.45) is 8.58. The first-order chi connectivity index (χ1) is 6.33. The molecule has 1 unspecified atom stereocenters. The van der Waals surface area contributed by atoms with Gasteiger partial charge in [-0.15, -0.1) is 0 Å². The summed E-state index contributed by atoms with van der Waals surface area (Å²) in [7, 11) is 0. The second-order valence-corrected chi connectivity index (χ2v) is 6.04. The highest BCUT2D eigenvalue weighted by molar-refractivity contribution is 7.99. The van der Waals surface area contributed by atoms with Crippen molar-refractivity contribution in [3.8, 4) is 0 Å². The minimum Gasteiger partial charge on any atom is -0.179 e. The van der Waals surface area contributed by atoms with E-state index in [0.29, 0.717) is 0 Å². The predicted molar refractivity (Wildman–Crippen MR) is 67.0 cm³/mol. The van der Waals surface area contributed by atoms with Crippen LogP contribution in [-0.4, -0.2) is 16.8 Å². The average Bonchev–Trinajstić information content (AvgIpc) is 2.57. The van der Waals surface area contributed by atoms with Gasteiger partial charge >= 0.3 is 0 Å². The number of thioether (sulfide) groups is 1. The number of thiol groups is 1. The third-order valence-electron chi connectivity index (χ3n) is 2.89. The Labute approximate surface area is 92.7 Å². The topological polar surface area (TPSA) is 0 Å². The van der Waals surface area contributed by atoms with Gasteiger partial charge in [-0.2, -0.15) is 24.4 Å². The van der Waals surface area contributed by atoms with Crippen LogP contribution < -0.4 is 0 Å². The van der Waals surface area contributed by atoms with Crippen molar-refractivity contribution in [2.24, 2.45) is 5.92 Å². The highest BCUT2D eigenvalue weighted by atomic mass is 32.2. The van der Waals surface area contributed by atoms with Crippen molar-refractivity contribution in [1.82, 2.24) is 0 Å². The van der Waals surface area contributed by atoms with Gasteiger partial charge in [-0.25, -0.2) is 0 Å². The summed E-state index contributed by atoms with van der Waals surface area (Å²) in [6, 6.07) is 0. The SMILES string of the molecule is CC(CCS)CCSC1CCCC1. The maximum Gasteiger partial charge on any atom is 0.00470 e. The van der Waals surface area contributed by atoms with Crippen LogP contribution in [0.1, 0.15) is 45.4 Å². The average molecular weight is 218 g/mol. The monoisotopic (exact) mass is 218 g/mol. The molecule has 1 saturated carbocycles. The molecule has 0 nitrogen and oxygen atoms in total. The molecule has 1 atom stereocenters. The van der Waals surface area contributed by atoms with Gasteiger partial charge in [-0.3, -0.25) is 0 Å². The van der Waals surface area contributed by atoms with Crippen molar-refractivity contribution < 1.29 is 0 Å². The minimum absolute atomic E-state index is 0.881. The Balaban J connectivity index is 1.93. The Kier molecular flexibility index (Phi) is 6.39. The minimum atomic E-state index is 0.881. The van der Waals surface area contributed by atoms with Gasteiger partial charge in [0.1, 0.15) is 0 Å². The van der Waals surface area contributed by atoms with E-state index in [2.05, 4.69) is 31.3 Å². The van der Waals surface area contributed by atoms with E-state index in [1.54, 1.807) is 0 Å². The molecule has 2 heteroatoms. The van der Waals surface area contributed by atoms with E-state index in [0.717, 1.165) is 16.9 Å². The summed E-state index contributed by atoms with van der Waals surface area (Å²) in [5.41, 5.74) is 0. The molecule has 0 radical (unpaired) electrons. The molecule has 0 amide bonds. The van der Waals surface area contributed by atoms with Gasteiger partial charge in [0.2, 0.25) is 0 Å². The normalized spacial score (nSPS) is 20.8. The van der Waals surface area contributed by atoms with E-state index >= 15 is 0 Å². The van der Waals surface area contributed by atoms with Gasteiger partial charge < -0.3 is 0 Å². The highest BCUT2D eigenvalue weighted by Gasteiger charge is 2.14. The summed E-state index contributed by atoms with van der Waals surface area (Å²) in [4.78, 5) is 0. The summed E-state index contributed by atoms with van der Waals surface area (Å²) in [5, 5.41) is 1.00. The van der Waals surface area contributed by atoms with Crippen LogP contribution in [0.15, 0.2) is 0 Å². The van der Waals surface area contributed by atoms with E-state index in [-0.39, 0.29) is 0 Å². The third kappa shape index (κ3) is 5.21. The van der Waals surface area contributed by atoms with Gasteiger partial charge in [0, 0.05) is 5.25 Å². The zero-order valence-corrected chi connectivity index (χ0v) is 10.4. The molecule has 0 heterocycles. The first-order valence-electron chi connectivity index (χ1n) is 5.55. The first kappa shape index (κ1) is 11.8. The van der Waals surface area contributed by atoms with Crippen molar-refractivity contribution in [3.05, 3.63) is 0 Å². The summed E-state index contributed by atoms with van der Waals surface area (Å²) < 4.78 is 0. The molecule has 78 valence electrons. The lowest BCUT2D eigenvalue weighted by molar-refractivity contribution is 0.553. The smallest absolute Gasteiger partial charge is 0.00470 e. The first-order valence-corrected chi connectivity index (χ1v) is 7.23. The van der Waals surface area contributed by atoms with Gasteiger partial charge in [0.05, 0.1) is 0 Å². The molecule has 13 heavy (non-hydrogen) atoms. The molecule has 1 fully saturated rings. The van der Waals surface area contributed by atoms with Gasteiger partial charge in [0.25, 0.3) is 0 Å². The molecule has 0 aliphatic heterocycles. The lowest BCUT2D eigenvalue weighted by atomic mass is 10.1. The Bertz CT molecular complexity index is 119. The van der Waals surface area contributed by atoms with Crippen molar-refractivity contribution >= 4 is 24.4 Å². The molecule has 0 bridgehead atoms. The molecule has 0 aromatic heterocycles. The second-order valence-electron chi connectivity index (χ2n) is 4.18. The van der Waals surface area contributed by atoms with Crippen LogP contribution in [0.5, 0.6) is 0 Å². The van der Waals surface area contributed by atoms with Crippen molar-refractivity contribution in [3.63, 3.8) is 0 Å². The fraction of sp³-hybridized carbons (Fsp3) is 1.00. The lowest BCUT2D eigenvalue weighted by Crippen LogP contribution is -2.01. The van der Waals surface area contributed by atoms with E-state index in [4.69, 9.17) is 0 Å². The van der Waals surface area contributed by atoms with E-state index in [1.165, 1.54) is 44.3 Å².